The zero-order valence-corrected chi connectivity index (χ0v) is 19.5. The van der Waals surface area contributed by atoms with Gasteiger partial charge in [-0.25, -0.2) is 0 Å². The van der Waals surface area contributed by atoms with Crippen LogP contribution in [0.2, 0.25) is 0 Å². The third-order valence-corrected chi connectivity index (χ3v) is 6.71. The molecule has 0 spiro atoms. The normalized spacial score (nSPS) is 12.1. The highest BCUT2D eigenvalue weighted by Crippen LogP contribution is 2.40. The van der Waals surface area contributed by atoms with Crippen LogP contribution in [0.5, 0.6) is 0 Å². The lowest BCUT2D eigenvalue weighted by Crippen LogP contribution is -2.07. The highest BCUT2D eigenvalue weighted by Gasteiger charge is 2.24. The summed E-state index contributed by atoms with van der Waals surface area (Å²) in [6.45, 7) is 0. The van der Waals surface area contributed by atoms with Crippen LogP contribution in [0.1, 0.15) is 22.7 Å². The highest BCUT2D eigenvalue weighted by molar-refractivity contribution is 5.92. The molecule has 0 amide bonds. The summed E-state index contributed by atoms with van der Waals surface area (Å²) in [6.07, 6.45) is 0.693. The van der Waals surface area contributed by atoms with Crippen LogP contribution in [-0.2, 0) is 6.42 Å². The van der Waals surface area contributed by atoms with Crippen molar-refractivity contribution in [1.29, 1.82) is 0 Å². The SMILES string of the molecule is O=[N+]([O-])c1ccc2nc(CC(c3ccccc3)c3c(-c4ccccc4)[nH]c4ccccc34)ccc2c1. The van der Waals surface area contributed by atoms with Gasteiger partial charge >= 0.3 is 0 Å². The molecule has 0 fully saturated rings. The average Bonchev–Trinajstić information content (AvgIpc) is 3.31. The number of hydrogen-bond donors (Lipinski definition) is 1. The van der Waals surface area contributed by atoms with Gasteiger partial charge in [-0.1, -0.05) is 84.9 Å². The average molecular weight is 470 g/mol. The van der Waals surface area contributed by atoms with Crippen molar-refractivity contribution >= 4 is 27.5 Å². The molecule has 36 heavy (non-hydrogen) atoms. The Bertz CT molecular complexity index is 1690. The Kier molecular flexibility index (Phi) is 5.51. The molecule has 174 valence electrons. The zero-order chi connectivity index (χ0) is 24.5. The molecule has 0 aliphatic heterocycles. The summed E-state index contributed by atoms with van der Waals surface area (Å²) in [5, 5.41) is 13.1. The van der Waals surface area contributed by atoms with Crippen LogP contribution < -0.4 is 0 Å². The lowest BCUT2D eigenvalue weighted by atomic mass is 9.84. The van der Waals surface area contributed by atoms with E-state index in [9.17, 15) is 10.1 Å². The number of para-hydroxylation sites is 1. The molecular weight excluding hydrogens is 446 g/mol. The van der Waals surface area contributed by atoms with E-state index in [0.29, 0.717) is 6.42 Å². The number of non-ortho nitro benzene ring substituents is 1. The van der Waals surface area contributed by atoms with E-state index in [-0.39, 0.29) is 16.5 Å². The van der Waals surface area contributed by atoms with Crippen LogP contribution in [0.3, 0.4) is 0 Å². The Labute approximate surface area is 208 Å². The molecular formula is C31H23N3O2. The number of nitrogens with zero attached hydrogens (tertiary/aromatic N) is 2. The van der Waals surface area contributed by atoms with E-state index in [0.717, 1.165) is 33.4 Å². The Balaban J connectivity index is 1.51. The van der Waals surface area contributed by atoms with Gasteiger partial charge in [0.25, 0.3) is 5.69 Å². The van der Waals surface area contributed by atoms with Gasteiger partial charge in [-0.3, -0.25) is 15.1 Å². The number of benzene rings is 4. The topological polar surface area (TPSA) is 71.8 Å². The molecule has 0 saturated carbocycles. The Morgan fingerprint density at radius 3 is 2.31 bits per heavy atom. The van der Waals surface area contributed by atoms with Crippen molar-refractivity contribution in [3.8, 4) is 11.3 Å². The molecule has 5 heteroatoms. The summed E-state index contributed by atoms with van der Waals surface area (Å²) < 4.78 is 0. The number of rotatable bonds is 6. The maximum Gasteiger partial charge on any atom is 0.270 e. The number of nitro groups is 1. The number of nitrogens with one attached hydrogen (secondary N) is 1. The largest absolute Gasteiger partial charge is 0.354 e. The molecule has 0 radical (unpaired) electrons. The van der Waals surface area contributed by atoms with Crippen LogP contribution >= 0.6 is 0 Å². The zero-order valence-electron chi connectivity index (χ0n) is 19.5. The maximum atomic E-state index is 11.2. The quantitative estimate of drug-likeness (QED) is 0.201. The predicted molar refractivity (Wildman–Crippen MR) is 144 cm³/mol. The van der Waals surface area contributed by atoms with Crippen LogP contribution in [-0.4, -0.2) is 14.9 Å². The number of aromatic nitrogens is 2. The molecule has 0 aliphatic rings. The third kappa shape index (κ3) is 4.01. The monoisotopic (exact) mass is 469 g/mol. The van der Waals surface area contributed by atoms with Crippen molar-refractivity contribution in [2.45, 2.75) is 12.3 Å². The molecule has 1 unspecified atom stereocenters. The first kappa shape index (κ1) is 21.7. The molecule has 4 aromatic carbocycles. The number of fused-ring (bicyclic) bond motifs is 2. The maximum absolute atomic E-state index is 11.2. The van der Waals surface area contributed by atoms with Gasteiger partial charge in [0.05, 0.1) is 16.1 Å². The smallest absolute Gasteiger partial charge is 0.270 e. The van der Waals surface area contributed by atoms with E-state index < -0.39 is 0 Å². The second kappa shape index (κ2) is 9.12. The van der Waals surface area contributed by atoms with Gasteiger partial charge < -0.3 is 4.98 Å². The van der Waals surface area contributed by atoms with Crippen molar-refractivity contribution < 1.29 is 4.92 Å². The van der Waals surface area contributed by atoms with Gasteiger partial charge in [-0.2, -0.15) is 0 Å². The lowest BCUT2D eigenvalue weighted by molar-refractivity contribution is -0.384. The Morgan fingerprint density at radius 2 is 1.53 bits per heavy atom. The van der Waals surface area contributed by atoms with Crippen molar-refractivity contribution in [1.82, 2.24) is 9.97 Å². The van der Waals surface area contributed by atoms with Gasteiger partial charge in [-0.05, 0) is 34.9 Å². The molecule has 0 saturated heterocycles. The van der Waals surface area contributed by atoms with E-state index in [1.807, 2.05) is 24.3 Å². The lowest BCUT2D eigenvalue weighted by Gasteiger charge is -2.20. The fourth-order valence-corrected chi connectivity index (χ4v) is 5.02. The van der Waals surface area contributed by atoms with E-state index in [1.54, 1.807) is 12.1 Å². The molecule has 1 N–H and O–H groups in total. The molecule has 2 aromatic heterocycles. The van der Waals surface area contributed by atoms with Gasteiger partial charge in [0.2, 0.25) is 0 Å². The van der Waals surface area contributed by atoms with Crippen LogP contribution in [0.25, 0.3) is 33.1 Å². The molecule has 0 bridgehead atoms. The fourth-order valence-electron chi connectivity index (χ4n) is 5.02. The molecule has 1 atom stereocenters. The summed E-state index contributed by atoms with van der Waals surface area (Å²) in [5.74, 6) is 0.0561. The van der Waals surface area contributed by atoms with Crippen LogP contribution in [0.4, 0.5) is 5.69 Å². The standard InChI is InChI=1S/C31H23N3O2/c35-34(36)25-17-18-28-23(19-25)15-16-24(32-28)20-27(21-9-3-1-4-10-21)30-26-13-7-8-14-29(26)33-31(30)22-11-5-2-6-12-22/h1-19,27,33H,20H2. The first-order valence-corrected chi connectivity index (χ1v) is 11.9. The Hall–Kier alpha value is -4.77. The summed E-state index contributed by atoms with van der Waals surface area (Å²) in [6, 6.07) is 38.1. The molecule has 6 aromatic rings. The van der Waals surface area contributed by atoms with Crippen molar-refractivity contribution in [2.24, 2.45) is 0 Å². The highest BCUT2D eigenvalue weighted by atomic mass is 16.6. The number of aromatic amines is 1. The number of hydrogen-bond acceptors (Lipinski definition) is 3. The number of pyridine rings is 1. The summed E-state index contributed by atoms with van der Waals surface area (Å²) >= 11 is 0. The molecule has 6 rings (SSSR count). The van der Waals surface area contributed by atoms with Crippen molar-refractivity contribution in [3.05, 3.63) is 142 Å². The summed E-state index contributed by atoms with van der Waals surface area (Å²) in [5.41, 5.74) is 7.59. The van der Waals surface area contributed by atoms with E-state index in [4.69, 9.17) is 4.98 Å². The van der Waals surface area contributed by atoms with Crippen molar-refractivity contribution in [2.75, 3.05) is 0 Å². The molecule has 5 nitrogen and oxygen atoms in total. The van der Waals surface area contributed by atoms with Crippen molar-refractivity contribution in [3.63, 3.8) is 0 Å². The molecule has 0 aliphatic carbocycles. The van der Waals surface area contributed by atoms with Crippen LogP contribution in [0, 0.1) is 10.1 Å². The fraction of sp³-hybridized carbons (Fsp3) is 0.0645. The van der Waals surface area contributed by atoms with E-state index in [2.05, 4.69) is 77.8 Å². The number of nitro benzene ring substituents is 1. The Morgan fingerprint density at radius 1 is 0.806 bits per heavy atom. The van der Waals surface area contributed by atoms with Gasteiger partial charge in [0.1, 0.15) is 0 Å². The van der Waals surface area contributed by atoms with E-state index >= 15 is 0 Å². The van der Waals surface area contributed by atoms with E-state index in [1.165, 1.54) is 22.6 Å². The summed E-state index contributed by atoms with van der Waals surface area (Å²) in [7, 11) is 0. The van der Waals surface area contributed by atoms with Gasteiger partial charge in [-0.15, -0.1) is 0 Å². The number of H-pyrrole nitrogens is 1. The minimum absolute atomic E-state index is 0.0561. The first-order chi connectivity index (χ1) is 17.7. The summed E-state index contributed by atoms with van der Waals surface area (Å²) in [4.78, 5) is 19.4. The second-order valence-electron chi connectivity index (χ2n) is 8.93. The third-order valence-electron chi connectivity index (χ3n) is 6.71. The van der Waals surface area contributed by atoms with Crippen LogP contribution in [0.15, 0.2) is 115 Å². The minimum Gasteiger partial charge on any atom is -0.354 e. The second-order valence-corrected chi connectivity index (χ2v) is 8.93. The van der Waals surface area contributed by atoms with Gasteiger partial charge in [0, 0.05) is 46.5 Å². The minimum atomic E-state index is -0.374. The first-order valence-electron chi connectivity index (χ1n) is 11.9. The molecule has 2 heterocycles. The predicted octanol–water partition coefficient (Wildman–Crippen LogP) is 7.67. The van der Waals surface area contributed by atoms with Gasteiger partial charge in [0.15, 0.2) is 0 Å².